The van der Waals surface area contributed by atoms with Gasteiger partial charge in [-0.1, -0.05) is 18.2 Å². The third-order valence-electron chi connectivity index (χ3n) is 4.39. The fourth-order valence-electron chi connectivity index (χ4n) is 2.99. The highest BCUT2D eigenvalue weighted by atomic mass is 35.5. The van der Waals surface area contributed by atoms with Gasteiger partial charge in [0.2, 0.25) is 0 Å². The molecule has 0 unspecified atom stereocenters. The second kappa shape index (κ2) is 9.34. The molecule has 7 nitrogen and oxygen atoms in total. The number of carbonyl (C=O) groups is 3. The molecule has 0 bridgehead atoms. The lowest BCUT2D eigenvalue weighted by atomic mass is 10.1. The first kappa shape index (κ1) is 21.4. The predicted octanol–water partition coefficient (Wildman–Crippen LogP) is 1.86. The molecule has 1 aliphatic rings. The third-order valence-corrected chi connectivity index (χ3v) is 4.39. The Morgan fingerprint density at radius 3 is 2.25 bits per heavy atom. The molecule has 1 heterocycles. The van der Waals surface area contributed by atoms with E-state index in [0.29, 0.717) is 41.1 Å². The fraction of sp³-hybridized carbons (Fsp3) is 0.250. The van der Waals surface area contributed by atoms with Crippen molar-refractivity contribution in [2.75, 3.05) is 27.2 Å². The standard InChI is InChI=1S/C20H21N3O4.ClH/c1-21-9-10-22-18(24)16-11-13(7-8-17(16)27-2)12-23-19(25)14-5-3-4-6-15(14)20(23)26;/h3-8,11,21H,9-10,12H2,1-2H3,(H,22,24);1H. The minimum atomic E-state index is -0.327. The van der Waals surface area contributed by atoms with Gasteiger partial charge < -0.3 is 15.4 Å². The van der Waals surface area contributed by atoms with Crippen LogP contribution in [0.15, 0.2) is 42.5 Å². The number of halogens is 1. The number of methoxy groups -OCH3 is 1. The monoisotopic (exact) mass is 403 g/mol. The maximum absolute atomic E-state index is 12.5. The summed E-state index contributed by atoms with van der Waals surface area (Å²) in [7, 11) is 3.29. The minimum Gasteiger partial charge on any atom is -0.496 e. The average Bonchev–Trinajstić information content (AvgIpc) is 2.93. The molecule has 0 fully saturated rings. The van der Waals surface area contributed by atoms with E-state index in [9.17, 15) is 14.4 Å². The van der Waals surface area contributed by atoms with Crippen molar-refractivity contribution in [3.8, 4) is 5.75 Å². The molecular weight excluding hydrogens is 382 g/mol. The molecule has 2 aromatic rings. The van der Waals surface area contributed by atoms with E-state index in [-0.39, 0.29) is 36.7 Å². The van der Waals surface area contributed by atoms with E-state index in [4.69, 9.17) is 4.74 Å². The second-order valence-electron chi connectivity index (χ2n) is 6.14. The van der Waals surface area contributed by atoms with E-state index in [1.807, 2.05) is 0 Å². The van der Waals surface area contributed by atoms with Gasteiger partial charge in [0.05, 0.1) is 30.3 Å². The Balaban J connectivity index is 0.00000280. The summed E-state index contributed by atoms with van der Waals surface area (Å²) in [6.07, 6.45) is 0. The molecule has 0 atom stereocenters. The van der Waals surface area contributed by atoms with Gasteiger partial charge >= 0.3 is 0 Å². The lowest BCUT2D eigenvalue weighted by molar-refractivity contribution is 0.0642. The fourth-order valence-corrected chi connectivity index (χ4v) is 2.99. The highest BCUT2D eigenvalue weighted by Crippen LogP contribution is 2.26. The minimum absolute atomic E-state index is 0. The lowest BCUT2D eigenvalue weighted by Crippen LogP contribution is -2.31. The summed E-state index contributed by atoms with van der Waals surface area (Å²) in [6.45, 7) is 1.21. The zero-order chi connectivity index (χ0) is 19.4. The Morgan fingerprint density at radius 2 is 1.68 bits per heavy atom. The van der Waals surface area contributed by atoms with Crippen LogP contribution in [0, 0.1) is 0 Å². The number of hydrogen-bond donors (Lipinski definition) is 2. The largest absolute Gasteiger partial charge is 0.496 e. The van der Waals surface area contributed by atoms with Crippen LogP contribution < -0.4 is 15.4 Å². The van der Waals surface area contributed by atoms with Crippen molar-refractivity contribution in [1.29, 1.82) is 0 Å². The number of hydrogen-bond acceptors (Lipinski definition) is 5. The van der Waals surface area contributed by atoms with Gasteiger partial charge in [-0.15, -0.1) is 12.4 Å². The number of carbonyl (C=O) groups excluding carboxylic acids is 3. The van der Waals surface area contributed by atoms with Crippen molar-refractivity contribution in [1.82, 2.24) is 15.5 Å². The van der Waals surface area contributed by atoms with Crippen LogP contribution in [0.3, 0.4) is 0 Å². The summed E-state index contributed by atoms with van der Waals surface area (Å²) in [6, 6.07) is 11.8. The maximum atomic E-state index is 12.5. The SMILES string of the molecule is CNCCNC(=O)c1cc(CN2C(=O)c3ccccc3C2=O)ccc1OC.Cl. The van der Waals surface area contributed by atoms with Gasteiger partial charge in [0.15, 0.2) is 0 Å². The van der Waals surface area contributed by atoms with Crippen molar-refractivity contribution in [2.45, 2.75) is 6.54 Å². The normalized spacial score (nSPS) is 12.4. The molecule has 0 saturated carbocycles. The average molecular weight is 404 g/mol. The van der Waals surface area contributed by atoms with E-state index in [2.05, 4.69) is 10.6 Å². The van der Waals surface area contributed by atoms with Crippen LogP contribution in [-0.4, -0.2) is 49.9 Å². The quantitative estimate of drug-likeness (QED) is 0.544. The number of rotatable bonds is 7. The number of likely N-dealkylation sites (N-methyl/N-ethyl adjacent to an activating group) is 1. The first-order valence-electron chi connectivity index (χ1n) is 8.61. The molecule has 148 valence electrons. The van der Waals surface area contributed by atoms with Gasteiger partial charge in [0, 0.05) is 13.1 Å². The molecule has 3 amide bonds. The van der Waals surface area contributed by atoms with Crippen molar-refractivity contribution < 1.29 is 19.1 Å². The third kappa shape index (κ3) is 4.16. The zero-order valence-corrected chi connectivity index (χ0v) is 16.5. The number of imide groups is 1. The Labute approximate surface area is 169 Å². The summed E-state index contributed by atoms with van der Waals surface area (Å²) in [4.78, 5) is 38.7. The summed E-state index contributed by atoms with van der Waals surface area (Å²) in [5.74, 6) is -0.493. The van der Waals surface area contributed by atoms with Crippen LogP contribution in [0.1, 0.15) is 36.6 Å². The summed E-state index contributed by atoms with van der Waals surface area (Å²) in [5, 5.41) is 5.75. The molecule has 0 spiro atoms. The maximum Gasteiger partial charge on any atom is 0.261 e. The molecule has 0 aliphatic carbocycles. The molecule has 0 saturated heterocycles. The molecule has 2 aromatic carbocycles. The number of fused-ring (bicyclic) bond motifs is 1. The van der Waals surface area contributed by atoms with E-state index in [1.165, 1.54) is 12.0 Å². The van der Waals surface area contributed by atoms with E-state index in [1.54, 1.807) is 49.5 Å². The number of amides is 3. The van der Waals surface area contributed by atoms with E-state index < -0.39 is 0 Å². The van der Waals surface area contributed by atoms with Crippen molar-refractivity contribution in [3.05, 3.63) is 64.7 Å². The Hall–Kier alpha value is -2.90. The molecule has 3 rings (SSSR count). The van der Waals surface area contributed by atoms with Crippen LogP contribution in [0.4, 0.5) is 0 Å². The van der Waals surface area contributed by atoms with Crippen molar-refractivity contribution >= 4 is 30.1 Å². The van der Waals surface area contributed by atoms with E-state index in [0.717, 1.165) is 0 Å². The van der Waals surface area contributed by atoms with Crippen LogP contribution in [0.5, 0.6) is 5.75 Å². The molecule has 1 aliphatic heterocycles. The number of nitrogens with one attached hydrogen (secondary N) is 2. The summed E-state index contributed by atoms with van der Waals surface area (Å²) < 4.78 is 5.27. The van der Waals surface area contributed by atoms with Crippen molar-refractivity contribution in [2.24, 2.45) is 0 Å². The van der Waals surface area contributed by atoms with Gasteiger partial charge in [-0.3, -0.25) is 19.3 Å². The van der Waals surface area contributed by atoms with Crippen molar-refractivity contribution in [3.63, 3.8) is 0 Å². The highest BCUT2D eigenvalue weighted by molar-refractivity contribution is 6.21. The molecule has 28 heavy (non-hydrogen) atoms. The highest BCUT2D eigenvalue weighted by Gasteiger charge is 2.35. The van der Waals surface area contributed by atoms with Gasteiger partial charge in [-0.05, 0) is 36.9 Å². The van der Waals surface area contributed by atoms with Crippen LogP contribution >= 0.6 is 12.4 Å². The molecule has 2 N–H and O–H groups in total. The Bertz CT molecular complexity index is 866. The Kier molecular flexibility index (Phi) is 7.14. The number of ether oxygens (including phenoxy) is 1. The molecule has 0 radical (unpaired) electrons. The van der Waals surface area contributed by atoms with Gasteiger partial charge in [-0.2, -0.15) is 0 Å². The van der Waals surface area contributed by atoms with Crippen LogP contribution in [0.25, 0.3) is 0 Å². The first-order valence-corrected chi connectivity index (χ1v) is 8.61. The molecule has 0 aromatic heterocycles. The van der Waals surface area contributed by atoms with E-state index >= 15 is 0 Å². The topological polar surface area (TPSA) is 87.7 Å². The second-order valence-corrected chi connectivity index (χ2v) is 6.14. The zero-order valence-electron chi connectivity index (χ0n) is 15.7. The summed E-state index contributed by atoms with van der Waals surface area (Å²) >= 11 is 0. The van der Waals surface area contributed by atoms with Gasteiger partial charge in [-0.25, -0.2) is 0 Å². The first-order chi connectivity index (χ1) is 13.1. The smallest absolute Gasteiger partial charge is 0.261 e. The number of benzene rings is 2. The van der Waals surface area contributed by atoms with Gasteiger partial charge in [0.1, 0.15) is 5.75 Å². The number of nitrogens with zero attached hydrogens (tertiary/aromatic N) is 1. The molecule has 8 heteroatoms. The van der Waals surface area contributed by atoms with Crippen LogP contribution in [0.2, 0.25) is 0 Å². The van der Waals surface area contributed by atoms with Crippen LogP contribution in [-0.2, 0) is 6.54 Å². The predicted molar refractivity (Wildman–Crippen MR) is 107 cm³/mol. The molecular formula is C20H22ClN3O4. The Morgan fingerprint density at radius 1 is 1.04 bits per heavy atom. The van der Waals surface area contributed by atoms with Gasteiger partial charge in [0.25, 0.3) is 17.7 Å². The lowest BCUT2D eigenvalue weighted by Gasteiger charge is -2.16. The summed E-state index contributed by atoms with van der Waals surface area (Å²) in [5.41, 5.74) is 1.84.